The van der Waals surface area contributed by atoms with Crippen molar-refractivity contribution in [2.45, 2.75) is 31.2 Å². The molecule has 0 aliphatic carbocycles. The molecule has 1 heterocycles. The van der Waals surface area contributed by atoms with Crippen LogP contribution in [0, 0.1) is 12.8 Å². The zero-order valence-corrected chi connectivity index (χ0v) is 15.1. The van der Waals surface area contributed by atoms with E-state index in [0.29, 0.717) is 25.3 Å². The SMILES string of the molecule is C=CC(=O)NC1CCN(S(=O)(=O)c2ccc(OC)c(C)c2)CC1C. The van der Waals surface area contributed by atoms with Crippen LogP contribution < -0.4 is 10.1 Å². The van der Waals surface area contributed by atoms with Gasteiger partial charge in [0.15, 0.2) is 0 Å². The maximum atomic E-state index is 12.9. The van der Waals surface area contributed by atoms with Crippen LogP contribution in [0.2, 0.25) is 0 Å². The van der Waals surface area contributed by atoms with Crippen LogP contribution in [0.25, 0.3) is 0 Å². The minimum Gasteiger partial charge on any atom is -0.496 e. The Hall–Kier alpha value is -1.86. The van der Waals surface area contributed by atoms with Crippen LogP contribution in [0.5, 0.6) is 5.75 Å². The van der Waals surface area contributed by atoms with E-state index in [1.807, 2.05) is 13.8 Å². The summed E-state index contributed by atoms with van der Waals surface area (Å²) in [6.07, 6.45) is 1.81. The molecule has 0 bridgehead atoms. The first-order valence-corrected chi connectivity index (χ1v) is 9.31. The number of hydrogen-bond donors (Lipinski definition) is 1. The van der Waals surface area contributed by atoms with E-state index in [9.17, 15) is 13.2 Å². The fourth-order valence-corrected chi connectivity index (χ4v) is 4.58. The Morgan fingerprint density at radius 3 is 2.71 bits per heavy atom. The molecule has 2 rings (SSSR count). The Bertz CT molecular complexity index is 730. The van der Waals surface area contributed by atoms with Gasteiger partial charge < -0.3 is 10.1 Å². The first kappa shape index (κ1) is 18.5. The van der Waals surface area contributed by atoms with E-state index in [4.69, 9.17) is 4.74 Å². The maximum Gasteiger partial charge on any atom is 0.243 e. The van der Waals surface area contributed by atoms with Crippen LogP contribution >= 0.6 is 0 Å². The molecule has 6 nitrogen and oxygen atoms in total. The van der Waals surface area contributed by atoms with Crippen molar-refractivity contribution in [3.8, 4) is 5.75 Å². The lowest BCUT2D eigenvalue weighted by Gasteiger charge is -2.36. The zero-order valence-electron chi connectivity index (χ0n) is 14.3. The lowest BCUT2D eigenvalue weighted by Crippen LogP contribution is -2.51. The van der Waals surface area contributed by atoms with Gasteiger partial charge in [0.05, 0.1) is 12.0 Å². The number of sulfonamides is 1. The molecule has 24 heavy (non-hydrogen) atoms. The van der Waals surface area contributed by atoms with Crippen molar-refractivity contribution < 1.29 is 17.9 Å². The van der Waals surface area contributed by atoms with Crippen molar-refractivity contribution in [2.24, 2.45) is 5.92 Å². The van der Waals surface area contributed by atoms with Crippen molar-refractivity contribution in [1.82, 2.24) is 9.62 Å². The number of carbonyl (C=O) groups excluding carboxylic acids is 1. The van der Waals surface area contributed by atoms with Gasteiger partial charge >= 0.3 is 0 Å². The van der Waals surface area contributed by atoms with Gasteiger partial charge in [0.25, 0.3) is 0 Å². The van der Waals surface area contributed by atoms with E-state index in [-0.39, 0.29) is 22.8 Å². The molecule has 1 aromatic rings. The van der Waals surface area contributed by atoms with Crippen LogP contribution in [-0.2, 0) is 14.8 Å². The summed E-state index contributed by atoms with van der Waals surface area (Å²) >= 11 is 0. The first-order chi connectivity index (χ1) is 11.3. The van der Waals surface area contributed by atoms with E-state index in [0.717, 1.165) is 5.56 Å². The number of amides is 1. The zero-order chi connectivity index (χ0) is 17.9. The number of piperidine rings is 1. The first-order valence-electron chi connectivity index (χ1n) is 7.87. The molecule has 2 atom stereocenters. The summed E-state index contributed by atoms with van der Waals surface area (Å²) in [5.74, 6) is 0.457. The number of aryl methyl sites for hydroxylation is 1. The lowest BCUT2D eigenvalue weighted by molar-refractivity contribution is -0.117. The number of nitrogens with zero attached hydrogens (tertiary/aromatic N) is 1. The van der Waals surface area contributed by atoms with Gasteiger partial charge in [0.2, 0.25) is 15.9 Å². The highest BCUT2D eigenvalue weighted by molar-refractivity contribution is 7.89. The summed E-state index contributed by atoms with van der Waals surface area (Å²) in [5.41, 5.74) is 0.778. The number of nitrogens with one attached hydrogen (secondary N) is 1. The average Bonchev–Trinajstić information content (AvgIpc) is 2.56. The molecule has 7 heteroatoms. The second kappa shape index (κ2) is 7.36. The highest BCUT2D eigenvalue weighted by Gasteiger charge is 2.34. The molecule has 1 fully saturated rings. The van der Waals surface area contributed by atoms with Gasteiger partial charge in [-0.05, 0) is 49.1 Å². The van der Waals surface area contributed by atoms with Crippen molar-refractivity contribution in [3.05, 3.63) is 36.4 Å². The summed E-state index contributed by atoms with van der Waals surface area (Å²) in [6, 6.07) is 4.82. The molecule has 2 unspecified atom stereocenters. The third-order valence-electron chi connectivity index (χ3n) is 4.39. The van der Waals surface area contributed by atoms with Crippen LogP contribution in [0.4, 0.5) is 0 Å². The topological polar surface area (TPSA) is 75.7 Å². The van der Waals surface area contributed by atoms with Gasteiger partial charge in [0, 0.05) is 19.1 Å². The van der Waals surface area contributed by atoms with Crippen LogP contribution in [0.1, 0.15) is 18.9 Å². The van der Waals surface area contributed by atoms with Gasteiger partial charge in [-0.3, -0.25) is 4.79 Å². The maximum absolute atomic E-state index is 12.9. The van der Waals surface area contributed by atoms with E-state index in [1.165, 1.54) is 10.4 Å². The van der Waals surface area contributed by atoms with Gasteiger partial charge in [-0.2, -0.15) is 4.31 Å². The van der Waals surface area contributed by atoms with Gasteiger partial charge in [-0.25, -0.2) is 8.42 Å². The number of rotatable bonds is 5. The Morgan fingerprint density at radius 1 is 1.46 bits per heavy atom. The highest BCUT2D eigenvalue weighted by Crippen LogP contribution is 2.27. The molecule has 0 spiro atoms. The lowest BCUT2D eigenvalue weighted by atomic mass is 9.95. The second-order valence-electron chi connectivity index (χ2n) is 6.08. The summed E-state index contributed by atoms with van der Waals surface area (Å²) in [4.78, 5) is 11.7. The van der Waals surface area contributed by atoms with E-state index in [1.54, 1.807) is 25.3 Å². The molecule has 1 aliphatic heterocycles. The molecule has 1 amide bonds. The van der Waals surface area contributed by atoms with Gasteiger partial charge in [-0.1, -0.05) is 13.5 Å². The van der Waals surface area contributed by atoms with Crippen LogP contribution in [0.3, 0.4) is 0 Å². The standard InChI is InChI=1S/C17H24N2O4S/c1-5-17(20)18-15-8-9-19(11-13(15)3)24(21,22)14-6-7-16(23-4)12(2)10-14/h5-7,10,13,15H,1,8-9,11H2,2-4H3,(H,18,20). The Kier molecular flexibility index (Phi) is 5.66. The fraction of sp³-hybridized carbons (Fsp3) is 0.471. The van der Waals surface area contributed by atoms with E-state index in [2.05, 4.69) is 11.9 Å². The smallest absolute Gasteiger partial charge is 0.243 e. The molecule has 0 radical (unpaired) electrons. The molecular formula is C17H24N2O4S. The summed E-state index contributed by atoms with van der Waals surface area (Å²) < 4.78 is 32.4. The third kappa shape index (κ3) is 3.79. The molecule has 0 aromatic heterocycles. The Labute approximate surface area is 143 Å². The quantitative estimate of drug-likeness (QED) is 0.819. The fourth-order valence-electron chi connectivity index (χ4n) is 2.94. The Balaban J connectivity index is 2.15. The monoisotopic (exact) mass is 352 g/mol. The average molecular weight is 352 g/mol. The van der Waals surface area contributed by atoms with Crippen LogP contribution in [0.15, 0.2) is 35.7 Å². The molecule has 1 aromatic carbocycles. The number of benzene rings is 1. The largest absolute Gasteiger partial charge is 0.496 e. The Morgan fingerprint density at radius 2 is 2.17 bits per heavy atom. The number of methoxy groups -OCH3 is 1. The summed E-state index contributed by atoms with van der Waals surface area (Å²) in [7, 11) is -2.00. The summed E-state index contributed by atoms with van der Waals surface area (Å²) in [6.45, 7) is 7.94. The molecule has 1 N–H and O–H groups in total. The van der Waals surface area contributed by atoms with Crippen molar-refractivity contribution in [3.63, 3.8) is 0 Å². The highest BCUT2D eigenvalue weighted by atomic mass is 32.2. The predicted octanol–water partition coefficient (Wildman–Crippen LogP) is 1.70. The minimum atomic E-state index is -3.55. The molecule has 1 aliphatic rings. The summed E-state index contributed by atoms with van der Waals surface area (Å²) in [5, 5.41) is 2.86. The molecule has 0 saturated carbocycles. The number of carbonyl (C=O) groups is 1. The normalized spacial score (nSPS) is 22.0. The molecule has 1 saturated heterocycles. The molecular weight excluding hydrogens is 328 g/mol. The van der Waals surface area contributed by atoms with Crippen molar-refractivity contribution in [2.75, 3.05) is 20.2 Å². The van der Waals surface area contributed by atoms with Gasteiger partial charge in [-0.15, -0.1) is 0 Å². The van der Waals surface area contributed by atoms with Gasteiger partial charge in [0.1, 0.15) is 5.75 Å². The number of ether oxygens (including phenoxy) is 1. The number of hydrogen-bond acceptors (Lipinski definition) is 4. The van der Waals surface area contributed by atoms with Crippen molar-refractivity contribution >= 4 is 15.9 Å². The predicted molar refractivity (Wildman–Crippen MR) is 92.4 cm³/mol. The van der Waals surface area contributed by atoms with Crippen LogP contribution in [-0.4, -0.2) is 44.9 Å². The minimum absolute atomic E-state index is 0.0248. The van der Waals surface area contributed by atoms with E-state index < -0.39 is 10.0 Å². The molecule has 132 valence electrons. The second-order valence-corrected chi connectivity index (χ2v) is 8.02. The van der Waals surface area contributed by atoms with Crippen molar-refractivity contribution in [1.29, 1.82) is 0 Å². The van der Waals surface area contributed by atoms with E-state index >= 15 is 0 Å². The third-order valence-corrected chi connectivity index (χ3v) is 6.25.